The first kappa shape index (κ1) is 69.2. The molecule has 3 aliphatic carbocycles. The molecule has 2 unspecified atom stereocenters. The highest BCUT2D eigenvalue weighted by Gasteiger charge is 2.53. The number of Topliss-reactive ketones (excluding diaryl/α,β-unsaturated/α-hetero) is 1. The third kappa shape index (κ3) is 18.7. The molecule has 11 amide bonds. The number of carbonyl (C=O) groups is 12. The molecule has 0 bridgehead atoms. The average molecular weight is 1270 g/mol. The number of anilines is 1. The molecule has 5 fully saturated rings. The molecule has 1 aromatic carbocycles. The molecule has 3 saturated carbocycles. The molecule has 8 rings (SSSR count). The van der Waals surface area contributed by atoms with Crippen molar-refractivity contribution in [1.82, 2.24) is 57.0 Å². The van der Waals surface area contributed by atoms with Gasteiger partial charge in [0.05, 0.1) is 56.0 Å². The number of likely N-dealkylation sites (tertiary alicyclic amines) is 1. The Morgan fingerprint density at radius 1 is 0.714 bits per heavy atom. The Kier molecular flexibility index (Phi) is 25.1. The van der Waals surface area contributed by atoms with Crippen LogP contribution in [0.25, 0.3) is 0 Å². The zero-order valence-corrected chi connectivity index (χ0v) is 53.1. The largest absolute Gasteiger partial charge is 0.382 e. The number of piperidine rings is 1. The number of hydrogen-bond acceptors (Lipinski definition) is 17. The molecule has 0 radical (unpaired) electrons. The topological polar surface area (TPSA) is 352 Å². The van der Waals surface area contributed by atoms with Crippen molar-refractivity contribution in [3.8, 4) is 0 Å². The molecule has 0 spiro atoms. The summed E-state index contributed by atoms with van der Waals surface area (Å²) >= 11 is 0. The lowest BCUT2D eigenvalue weighted by Gasteiger charge is -2.38. The van der Waals surface area contributed by atoms with Crippen molar-refractivity contribution in [2.75, 3.05) is 57.9 Å². The number of ether oxygens (including phenoxy) is 2. The molecule has 2 aromatic rings. The van der Waals surface area contributed by atoms with Gasteiger partial charge in [0, 0.05) is 50.7 Å². The summed E-state index contributed by atoms with van der Waals surface area (Å²) in [6, 6.07) is -0.294. The van der Waals surface area contributed by atoms with Crippen LogP contribution in [0.4, 0.5) is 5.69 Å². The van der Waals surface area contributed by atoms with Gasteiger partial charge in [0.25, 0.3) is 29.5 Å². The standard InChI is InChI=1S/C65H92N12O14/c1-5-17-45(54(80)61(86)71-41-24-25-41)72-60(85)53-42-21-15-20-40(42)38-76(53)64(89)55(65(2,3)4)75-59(84)52(39-18-11-10-12-19-39)74-57(82)47-37-69-46(36-70-47)56(81)68-30-14-9-7-6-8-13-29-67-49(78)28-32-90-34-35-91-33-31-66-44-23-16-22-43-51(44)63(88)77(62(43)87)48-26-27-50(79)73-58(48)83/h16,22-23,36-37,39-42,45,48,52-53,55,66H,5-15,17-21,24-35,38H2,1-4H3,(H,67,78)(H,68,81)(H,71,86)(H,72,85)(H,74,82)(H,75,84)(H,73,79,83)/t40-,42?,45-,48?,52-,53-,55+/m0/s1. The summed E-state index contributed by atoms with van der Waals surface area (Å²) in [6.45, 7) is 10.0. The Morgan fingerprint density at radius 2 is 1.40 bits per heavy atom. The van der Waals surface area contributed by atoms with Gasteiger partial charge in [-0.3, -0.25) is 67.8 Å². The number of hydrogen-bond donors (Lipinski definition) is 8. The van der Waals surface area contributed by atoms with Crippen LogP contribution in [0.5, 0.6) is 0 Å². The average Bonchev–Trinajstić information content (AvgIpc) is 1.63. The van der Waals surface area contributed by atoms with E-state index in [1.54, 1.807) is 17.0 Å². The molecule has 3 aliphatic heterocycles. The molecule has 91 heavy (non-hydrogen) atoms. The van der Waals surface area contributed by atoms with Gasteiger partial charge in [0.2, 0.25) is 41.2 Å². The quantitative estimate of drug-likeness (QED) is 0.0282. The lowest BCUT2D eigenvalue weighted by molar-refractivity contribution is -0.146. The molecule has 2 saturated heterocycles. The van der Waals surface area contributed by atoms with Gasteiger partial charge in [0.1, 0.15) is 35.6 Å². The van der Waals surface area contributed by atoms with E-state index >= 15 is 0 Å². The van der Waals surface area contributed by atoms with Crippen LogP contribution in [-0.2, 0) is 47.8 Å². The Hall–Kier alpha value is -7.74. The molecule has 7 atom stereocenters. The van der Waals surface area contributed by atoms with E-state index in [1.165, 1.54) is 18.5 Å². The van der Waals surface area contributed by atoms with Crippen LogP contribution in [0.1, 0.15) is 204 Å². The number of aromatic nitrogens is 2. The van der Waals surface area contributed by atoms with E-state index in [4.69, 9.17) is 9.47 Å². The molecule has 26 heteroatoms. The smallest absolute Gasteiger partial charge is 0.289 e. The summed E-state index contributed by atoms with van der Waals surface area (Å²) in [5.41, 5.74) is -0.105. The summed E-state index contributed by atoms with van der Waals surface area (Å²) in [7, 11) is 0. The van der Waals surface area contributed by atoms with E-state index in [9.17, 15) is 57.5 Å². The van der Waals surface area contributed by atoms with Crippen molar-refractivity contribution in [3.05, 3.63) is 53.1 Å². The minimum atomic E-state index is -1.09. The Balaban J connectivity index is 0.689. The summed E-state index contributed by atoms with van der Waals surface area (Å²) in [5, 5.41) is 22.6. The van der Waals surface area contributed by atoms with Crippen LogP contribution in [0, 0.1) is 23.2 Å². The number of imide groups is 2. The highest BCUT2D eigenvalue weighted by atomic mass is 16.5. The van der Waals surface area contributed by atoms with Crippen LogP contribution < -0.4 is 42.5 Å². The number of ketones is 1. The van der Waals surface area contributed by atoms with E-state index in [0.717, 1.165) is 94.8 Å². The second-order valence-corrected chi connectivity index (χ2v) is 26.0. The maximum absolute atomic E-state index is 14.9. The van der Waals surface area contributed by atoms with Gasteiger partial charge in [0.15, 0.2) is 0 Å². The van der Waals surface area contributed by atoms with Crippen molar-refractivity contribution < 1.29 is 67.0 Å². The fourth-order valence-corrected chi connectivity index (χ4v) is 13.0. The summed E-state index contributed by atoms with van der Waals surface area (Å²) in [6.07, 6.45) is 16.9. The first-order valence-corrected chi connectivity index (χ1v) is 32.9. The molecular weight excluding hydrogens is 1170 g/mol. The number of carbonyl (C=O) groups excluding carboxylic acids is 12. The maximum Gasteiger partial charge on any atom is 0.289 e. The lowest BCUT2D eigenvalue weighted by atomic mass is 9.82. The number of fused-ring (bicyclic) bond motifs is 2. The van der Waals surface area contributed by atoms with Crippen molar-refractivity contribution in [3.63, 3.8) is 0 Å². The number of rotatable bonds is 34. The minimum absolute atomic E-state index is 0.0241. The van der Waals surface area contributed by atoms with E-state index in [2.05, 4.69) is 52.5 Å². The van der Waals surface area contributed by atoms with E-state index in [-0.39, 0.29) is 104 Å². The lowest BCUT2D eigenvalue weighted by Crippen LogP contribution is -2.62. The third-order valence-electron chi connectivity index (χ3n) is 18.1. The second-order valence-electron chi connectivity index (χ2n) is 26.0. The first-order chi connectivity index (χ1) is 43.7. The molecule has 6 aliphatic rings. The van der Waals surface area contributed by atoms with E-state index < -0.39 is 100 Å². The molecule has 8 N–H and O–H groups in total. The van der Waals surface area contributed by atoms with Gasteiger partial charge in [-0.2, -0.15) is 0 Å². The van der Waals surface area contributed by atoms with Crippen molar-refractivity contribution in [1.29, 1.82) is 0 Å². The predicted molar refractivity (Wildman–Crippen MR) is 331 cm³/mol. The number of nitrogens with zero attached hydrogens (tertiary/aromatic N) is 4. The Morgan fingerprint density at radius 3 is 2.07 bits per heavy atom. The highest BCUT2D eigenvalue weighted by molar-refractivity contribution is 6.38. The van der Waals surface area contributed by atoms with Crippen LogP contribution in [0.2, 0.25) is 0 Å². The number of nitrogens with one attached hydrogen (secondary N) is 8. The predicted octanol–water partition coefficient (Wildman–Crippen LogP) is 3.57. The van der Waals surface area contributed by atoms with Crippen LogP contribution in [0.3, 0.4) is 0 Å². The first-order valence-electron chi connectivity index (χ1n) is 32.9. The number of amides is 11. The van der Waals surface area contributed by atoms with Gasteiger partial charge < -0.3 is 51.6 Å². The van der Waals surface area contributed by atoms with Gasteiger partial charge >= 0.3 is 0 Å². The highest BCUT2D eigenvalue weighted by Crippen LogP contribution is 2.43. The second kappa shape index (κ2) is 33.0. The van der Waals surface area contributed by atoms with Gasteiger partial charge in [-0.25, -0.2) is 9.97 Å². The van der Waals surface area contributed by atoms with Crippen LogP contribution >= 0.6 is 0 Å². The van der Waals surface area contributed by atoms with Gasteiger partial charge in [-0.05, 0) is 99.5 Å². The molecule has 496 valence electrons. The minimum Gasteiger partial charge on any atom is -0.382 e. The van der Waals surface area contributed by atoms with Crippen molar-refractivity contribution in [2.45, 2.75) is 199 Å². The van der Waals surface area contributed by atoms with Gasteiger partial charge in [-0.15, -0.1) is 0 Å². The zero-order valence-electron chi connectivity index (χ0n) is 53.1. The molecular formula is C65H92N12O14. The monoisotopic (exact) mass is 1260 g/mol. The molecule has 4 heterocycles. The zero-order chi connectivity index (χ0) is 65.2. The van der Waals surface area contributed by atoms with E-state index in [1.807, 2.05) is 27.7 Å². The Bertz CT molecular complexity index is 2980. The molecule has 1 aromatic heterocycles. The summed E-state index contributed by atoms with van der Waals surface area (Å²) < 4.78 is 11.2. The van der Waals surface area contributed by atoms with Crippen LogP contribution in [-0.4, -0.2) is 179 Å². The fourth-order valence-electron chi connectivity index (χ4n) is 13.0. The summed E-state index contributed by atoms with van der Waals surface area (Å²) in [4.78, 5) is 171. The number of unbranched alkanes of at least 4 members (excludes halogenated alkanes) is 5. The fraction of sp³-hybridized carbons (Fsp3) is 0.662. The van der Waals surface area contributed by atoms with Crippen molar-refractivity contribution >= 4 is 76.4 Å². The van der Waals surface area contributed by atoms with Crippen LogP contribution in [0.15, 0.2) is 30.6 Å². The van der Waals surface area contributed by atoms with Gasteiger partial charge in [-0.1, -0.05) is 91.5 Å². The SMILES string of the molecule is CCC[C@H](NC(=O)[C@@H]1C2CCC[C@H]2CN1C(=O)[C@@H](NC(=O)[C@@H](NC(=O)c1cnc(C(=O)NCCCCCCCCNC(=O)CCOCCOCCNc2cccc3c2C(=O)N(C2CCC(=O)NC2=O)C3=O)cn1)C1CCCCC1)C(C)(C)C)C(=O)C(=O)NC1CC1. The normalized spacial score (nSPS) is 20.8. The van der Waals surface area contributed by atoms with Crippen molar-refractivity contribution in [2.24, 2.45) is 23.2 Å². The third-order valence-corrected chi connectivity index (χ3v) is 18.1. The number of benzene rings is 1. The van der Waals surface area contributed by atoms with E-state index in [0.29, 0.717) is 51.1 Å². The molecule has 26 nitrogen and oxygen atoms in total. The Labute approximate surface area is 531 Å². The summed E-state index contributed by atoms with van der Waals surface area (Å²) in [5.74, 6) is -6.71. The maximum atomic E-state index is 14.9.